The number of carbonyl (C=O) groups is 1. The summed E-state index contributed by atoms with van der Waals surface area (Å²) >= 11 is 0. The van der Waals surface area contributed by atoms with E-state index >= 15 is 0 Å². The summed E-state index contributed by atoms with van der Waals surface area (Å²) in [7, 11) is 2.01. The second-order valence-electron chi connectivity index (χ2n) is 3.36. The topological polar surface area (TPSA) is 41.1 Å². The van der Waals surface area contributed by atoms with Crippen molar-refractivity contribution in [2.75, 3.05) is 20.1 Å². The predicted molar refractivity (Wildman–Crippen MR) is 51.2 cm³/mol. The minimum absolute atomic E-state index is 0.204. The van der Waals surface area contributed by atoms with Gasteiger partial charge in [-0.3, -0.25) is 0 Å². The smallest absolute Gasteiger partial charge is 0.122 e. The predicted octanol–water partition coefficient (Wildman–Crippen LogP) is 0.409. The van der Waals surface area contributed by atoms with Crippen molar-refractivity contribution in [2.24, 2.45) is 5.92 Å². The Bertz CT molecular complexity index is 109. The summed E-state index contributed by atoms with van der Waals surface area (Å²) in [5.41, 5.74) is 0. The number of nitrogens with one attached hydrogen (secondary N) is 2. The molecular weight excluding hydrogens is 152 g/mol. The van der Waals surface area contributed by atoms with Gasteiger partial charge in [0.2, 0.25) is 0 Å². The molecule has 2 N–H and O–H groups in total. The lowest BCUT2D eigenvalue weighted by molar-refractivity contribution is -0.110. The minimum Gasteiger partial charge on any atom is -0.316 e. The van der Waals surface area contributed by atoms with Gasteiger partial charge in [-0.25, -0.2) is 0 Å². The Hall–Kier alpha value is -0.410. The van der Waals surface area contributed by atoms with Crippen molar-refractivity contribution in [2.45, 2.75) is 26.3 Å². The lowest BCUT2D eigenvalue weighted by atomic mass is 10.3. The van der Waals surface area contributed by atoms with Crippen LogP contribution >= 0.6 is 0 Å². The van der Waals surface area contributed by atoms with Crippen LogP contribution in [0.15, 0.2) is 0 Å². The SMILES string of the molecule is CC(C)C=O.CNC1CCNC1. The third kappa shape index (κ3) is 6.31. The maximum Gasteiger partial charge on any atom is 0.122 e. The zero-order chi connectivity index (χ0) is 9.40. The van der Waals surface area contributed by atoms with Crippen molar-refractivity contribution in [3.05, 3.63) is 0 Å². The summed E-state index contributed by atoms with van der Waals surface area (Å²) in [6, 6.07) is 0.736. The van der Waals surface area contributed by atoms with E-state index < -0.39 is 0 Å². The molecule has 1 fully saturated rings. The van der Waals surface area contributed by atoms with Crippen LogP contribution in [0, 0.1) is 5.92 Å². The summed E-state index contributed by atoms with van der Waals surface area (Å²) in [6.07, 6.45) is 2.20. The molecule has 1 aliphatic heterocycles. The van der Waals surface area contributed by atoms with Gasteiger partial charge < -0.3 is 15.4 Å². The standard InChI is InChI=1S/C5H12N2.C4H8O/c1-6-5-2-3-7-4-5;1-4(2)3-5/h5-7H,2-4H2,1H3;3-4H,1-2H3. The Kier molecular flexibility index (Phi) is 7.00. The molecule has 3 nitrogen and oxygen atoms in total. The second kappa shape index (κ2) is 7.25. The van der Waals surface area contributed by atoms with Gasteiger partial charge in [-0.05, 0) is 20.0 Å². The first-order valence-corrected chi connectivity index (χ1v) is 4.54. The molecule has 1 rings (SSSR count). The van der Waals surface area contributed by atoms with Crippen molar-refractivity contribution >= 4 is 6.29 Å². The molecule has 0 bridgehead atoms. The summed E-state index contributed by atoms with van der Waals surface area (Å²) in [5, 5.41) is 6.46. The van der Waals surface area contributed by atoms with Crippen molar-refractivity contribution in [1.29, 1.82) is 0 Å². The van der Waals surface area contributed by atoms with Crippen LogP contribution in [0.4, 0.5) is 0 Å². The van der Waals surface area contributed by atoms with Crippen LogP contribution in [0.2, 0.25) is 0 Å². The highest BCUT2D eigenvalue weighted by atomic mass is 16.1. The second-order valence-corrected chi connectivity index (χ2v) is 3.36. The Morgan fingerprint density at radius 2 is 2.17 bits per heavy atom. The number of hydrogen-bond donors (Lipinski definition) is 2. The Morgan fingerprint density at radius 3 is 2.33 bits per heavy atom. The van der Waals surface area contributed by atoms with Crippen molar-refractivity contribution in [1.82, 2.24) is 10.6 Å². The van der Waals surface area contributed by atoms with Crippen LogP contribution in [0.3, 0.4) is 0 Å². The van der Waals surface area contributed by atoms with E-state index in [2.05, 4.69) is 10.6 Å². The normalized spacial score (nSPS) is 21.8. The molecule has 72 valence electrons. The molecule has 0 aromatic rings. The number of rotatable bonds is 2. The highest BCUT2D eigenvalue weighted by molar-refractivity contribution is 5.51. The molecule has 1 aliphatic rings. The van der Waals surface area contributed by atoms with E-state index in [1.807, 2.05) is 20.9 Å². The van der Waals surface area contributed by atoms with Gasteiger partial charge in [0.05, 0.1) is 0 Å². The molecule has 0 radical (unpaired) electrons. The minimum atomic E-state index is 0.204. The molecule has 0 amide bonds. The third-order valence-electron chi connectivity index (χ3n) is 1.74. The Balaban J connectivity index is 0.000000217. The van der Waals surface area contributed by atoms with E-state index in [0.29, 0.717) is 0 Å². The molecule has 3 heteroatoms. The lowest BCUT2D eigenvalue weighted by Gasteiger charge is -2.02. The van der Waals surface area contributed by atoms with E-state index in [-0.39, 0.29) is 5.92 Å². The van der Waals surface area contributed by atoms with Gasteiger partial charge in [0.15, 0.2) is 0 Å². The van der Waals surface area contributed by atoms with Crippen molar-refractivity contribution in [3.63, 3.8) is 0 Å². The molecule has 1 heterocycles. The van der Waals surface area contributed by atoms with Crippen LogP contribution in [-0.4, -0.2) is 32.5 Å². The van der Waals surface area contributed by atoms with E-state index in [9.17, 15) is 4.79 Å². The number of hydrogen-bond acceptors (Lipinski definition) is 3. The average molecular weight is 172 g/mol. The molecule has 1 atom stereocenters. The van der Waals surface area contributed by atoms with Gasteiger partial charge in [0.1, 0.15) is 6.29 Å². The van der Waals surface area contributed by atoms with Gasteiger partial charge in [0.25, 0.3) is 0 Å². The summed E-state index contributed by atoms with van der Waals surface area (Å²) in [4.78, 5) is 9.50. The highest BCUT2D eigenvalue weighted by Crippen LogP contribution is 1.93. The van der Waals surface area contributed by atoms with E-state index in [1.54, 1.807) is 0 Å². The molecular formula is C9H20N2O. The largest absolute Gasteiger partial charge is 0.316 e. The highest BCUT2D eigenvalue weighted by Gasteiger charge is 2.09. The summed E-state index contributed by atoms with van der Waals surface area (Å²) in [5.74, 6) is 0.204. The average Bonchev–Trinajstić information content (AvgIpc) is 2.57. The molecule has 0 saturated carbocycles. The first kappa shape index (κ1) is 11.6. The molecule has 0 aromatic heterocycles. The fourth-order valence-corrected chi connectivity index (χ4v) is 0.901. The van der Waals surface area contributed by atoms with Crippen LogP contribution in [-0.2, 0) is 4.79 Å². The van der Waals surface area contributed by atoms with Crippen LogP contribution in [0.1, 0.15) is 20.3 Å². The fraction of sp³-hybridized carbons (Fsp3) is 0.889. The summed E-state index contributed by atoms with van der Waals surface area (Å²) < 4.78 is 0. The molecule has 0 aromatic carbocycles. The van der Waals surface area contributed by atoms with Gasteiger partial charge in [-0.1, -0.05) is 13.8 Å². The quantitative estimate of drug-likeness (QED) is 0.593. The van der Waals surface area contributed by atoms with Gasteiger partial charge >= 0.3 is 0 Å². The maximum atomic E-state index is 9.50. The van der Waals surface area contributed by atoms with E-state index in [0.717, 1.165) is 18.9 Å². The molecule has 1 saturated heterocycles. The number of aldehydes is 1. The van der Waals surface area contributed by atoms with Crippen LogP contribution in [0.5, 0.6) is 0 Å². The molecule has 12 heavy (non-hydrogen) atoms. The molecule has 0 aliphatic carbocycles. The van der Waals surface area contributed by atoms with Gasteiger partial charge in [-0.2, -0.15) is 0 Å². The van der Waals surface area contributed by atoms with E-state index in [1.165, 1.54) is 13.0 Å². The lowest BCUT2D eigenvalue weighted by Crippen LogP contribution is -2.26. The first-order chi connectivity index (χ1) is 5.70. The van der Waals surface area contributed by atoms with Crippen LogP contribution in [0.25, 0.3) is 0 Å². The maximum absolute atomic E-state index is 9.50. The molecule has 0 spiro atoms. The zero-order valence-corrected chi connectivity index (χ0v) is 8.26. The van der Waals surface area contributed by atoms with Crippen LogP contribution < -0.4 is 10.6 Å². The Labute approximate surface area is 74.9 Å². The van der Waals surface area contributed by atoms with Crippen molar-refractivity contribution < 1.29 is 4.79 Å². The monoisotopic (exact) mass is 172 g/mol. The third-order valence-corrected chi connectivity index (χ3v) is 1.74. The summed E-state index contributed by atoms with van der Waals surface area (Å²) in [6.45, 7) is 6.04. The molecule has 1 unspecified atom stereocenters. The van der Waals surface area contributed by atoms with E-state index in [4.69, 9.17) is 0 Å². The van der Waals surface area contributed by atoms with Gasteiger partial charge in [-0.15, -0.1) is 0 Å². The zero-order valence-electron chi connectivity index (χ0n) is 8.26. The van der Waals surface area contributed by atoms with Gasteiger partial charge in [0, 0.05) is 18.5 Å². The Morgan fingerprint density at radius 1 is 1.58 bits per heavy atom. The number of carbonyl (C=O) groups excluding carboxylic acids is 1. The number of likely N-dealkylation sites (N-methyl/N-ethyl adjacent to an activating group) is 1. The fourth-order valence-electron chi connectivity index (χ4n) is 0.901. The first-order valence-electron chi connectivity index (χ1n) is 4.54. The van der Waals surface area contributed by atoms with Crippen molar-refractivity contribution in [3.8, 4) is 0 Å².